The fraction of sp³-hybridized carbons (Fsp3) is 0.688. The van der Waals surface area contributed by atoms with Crippen molar-refractivity contribution in [1.82, 2.24) is 10.6 Å². The number of methoxy groups -OCH3 is 1. The number of nitrogens with zero attached hydrogens (tertiary/aromatic N) is 1. The molecule has 0 aromatic carbocycles. The predicted octanol–water partition coefficient (Wildman–Crippen LogP) is 3.55. The quantitative estimate of drug-likeness (QED) is 0.390. The number of hydrogen-bond donors (Lipinski definition) is 2. The van der Waals surface area contributed by atoms with Gasteiger partial charge in [-0.3, -0.25) is 4.99 Å². The molecule has 0 bridgehead atoms. The van der Waals surface area contributed by atoms with E-state index in [0.29, 0.717) is 5.41 Å². The Kier molecular flexibility index (Phi) is 8.71. The van der Waals surface area contributed by atoms with Crippen molar-refractivity contribution in [3.05, 3.63) is 21.9 Å². The van der Waals surface area contributed by atoms with Crippen LogP contribution in [0.1, 0.15) is 36.1 Å². The fourth-order valence-electron chi connectivity index (χ4n) is 2.75. The van der Waals surface area contributed by atoms with Gasteiger partial charge >= 0.3 is 0 Å². The summed E-state index contributed by atoms with van der Waals surface area (Å²) in [6.07, 6.45) is 5.07. The van der Waals surface area contributed by atoms with Crippen molar-refractivity contribution in [2.24, 2.45) is 10.4 Å². The molecule has 6 heteroatoms. The molecule has 0 aliphatic heterocycles. The maximum absolute atomic E-state index is 5.24. The standard InChI is InChI=1S/C16H27N3OS.HI/c1-13-5-10-21-14(13)11-18-15(17-2)19-12-16(6-4-7-16)8-9-20-3;/h5,10H,4,6-9,11-12H2,1-3H3,(H2,17,18,19);1H. The molecule has 22 heavy (non-hydrogen) atoms. The van der Waals surface area contributed by atoms with E-state index in [4.69, 9.17) is 4.74 Å². The van der Waals surface area contributed by atoms with E-state index in [-0.39, 0.29) is 24.0 Å². The lowest BCUT2D eigenvalue weighted by molar-refractivity contribution is 0.0732. The van der Waals surface area contributed by atoms with E-state index in [1.807, 2.05) is 7.05 Å². The zero-order valence-electron chi connectivity index (χ0n) is 13.8. The molecule has 0 amide bonds. The van der Waals surface area contributed by atoms with E-state index in [0.717, 1.165) is 32.1 Å². The average Bonchev–Trinajstić information content (AvgIpc) is 2.86. The van der Waals surface area contributed by atoms with Crippen LogP contribution in [0.3, 0.4) is 0 Å². The molecular formula is C16H28IN3OS. The Hall–Kier alpha value is -0.340. The molecule has 126 valence electrons. The summed E-state index contributed by atoms with van der Waals surface area (Å²) in [7, 11) is 3.61. The molecule has 0 radical (unpaired) electrons. The number of rotatable bonds is 7. The molecule has 0 unspecified atom stereocenters. The van der Waals surface area contributed by atoms with Gasteiger partial charge in [-0.25, -0.2) is 0 Å². The van der Waals surface area contributed by atoms with E-state index in [2.05, 4.69) is 34.0 Å². The molecule has 1 aromatic heterocycles. The Bertz CT molecular complexity index is 472. The maximum atomic E-state index is 5.24. The number of aliphatic imine (C=N–C) groups is 1. The van der Waals surface area contributed by atoms with Crippen molar-refractivity contribution >= 4 is 41.3 Å². The van der Waals surface area contributed by atoms with Crippen molar-refractivity contribution in [1.29, 1.82) is 0 Å². The molecule has 2 N–H and O–H groups in total. The first kappa shape index (κ1) is 19.7. The first-order valence-corrected chi connectivity index (χ1v) is 8.53. The normalized spacial score (nSPS) is 16.6. The predicted molar refractivity (Wildman–Crippen MR) is 105 cm³/mol. The van der Waals surface area contributed by atoms with Crippen molar-refractivity contribution in [3.63, 3.8) is 0 Å². The summed E-state index contributed by atoms with van der Waals surface area (Å²) in [4.78, 5) is 5.70. The molecule has 0 spiro atoms. The van der Waals surface area contributed by atoms with Crippen LogP contribution in [0.5, 0.6) is 0 Å². The maximum Gasteiger partial charge on any atom is 0.191 e. The van der Waals surface area contributed by atoms with E-state index >= 15 is 0 Å². The average molecular weight is 437 g/mol. The Labute approximate surface area is 155 Å². The van der Waals surface area contributed by atoms with Gasteiger partial charge in [-0.15, -0.1) is 35.3 Å². The SMILES string of the molecule is CN=C(NCc1sccc1C)NCC1(CCOC)CCC1.I. The van der Waals surface area contributed by atoms with E-state index < -0.39 is 0 Å². The van der Waals surface area contributed by atoms with Gasteiger partial charge in [0.15, 0.2) is 5.96 Å². The van der Waals surface area contributed by atoms with Gasteiger partial charge in [-0.2, -0.15) is 0 Å². The third kappa shape index (κ3) is 5.38. The summed E-state index contributed by atoms with van der Waals surface area (Å²) in [5.74, 6) is 0.895. The Morgan fingerprint density at radius 2 is 2.18 bits per heavy atom. The van der Waals surface area contributed by atoms with E-state index in [1.165, 1.54) is 29.7 Å². The molecule has 1 aliphatic rings. The topological polar surface area (TPSA) is 45.7 Å². The molecular weight excluding hydrogens is 409 g/mol. The Morgan fingerprint density at radius 3 is 2.68 bits per heavy atom. The highest BCUT2D eigenvalue weighted by molar-refractivity contribution is 14.0. The van der Waals surface area contributed by atoms with Crippen LogP contribution in [0.4, 0.5) is 0 Å². The molecule has 1 aromatic rings. The summed E-state index contributed by atoms with van der Waals surface area (Å²) in [5.41, 5.74) is 1.76. The first-order chi connectivity index (χ1) is 10.2. The summed E-state index contributed by atoms with van der Waals surface area (Å²) < 4.78 is 5.24. The number of halogens is 1. The van der Waals surface area contributed by atoms with Crippen molar-refractivity contribution < 1.29 is 4.74 Å². The fourth-order valence-corrected chi connectivity index (χ4v) is 3.60. The molecule has 1 saturated carbocycles. The molecule has 4 nitrogen and oxygen atoms in total. The minimum absolute atomic E-state index is 0. The first-order valence-electron chi connectivity index (χ1n) is 7.65. The van der Waals surface area contributed by atoms with Gasteiger partial charge in [0, 0.05) is 32.2 Å². The van der Waals surface area contributed by atoms with Crippen LogP contribution in [-0.2, 0) is 11.3 Å². The number of guanidine groups is 1. The molecule has 1 aliphatic carbocycles. The van der Waals surface area contributed by atoms with Crippen LogP contribution >= 0.6 is 35.3 Å². The van der Waals surface area contributed by atoms with Gasteiger partial charge in [0.25, 0.3) is 0 Å². The lowest BCUT2D eigenvalue weighted by Gasteiger charge is -2.42. The Morgan fingerprint density at radius 1 is 1.41 bits per heavy atom. The Balaban J connectivity index is 0.00000242. The van der Waals surface area contributed by atoms with Crippen LogP contribution in [0.2, 0.25) is 0 Å². The van der Waals surface area contributed by atoms with E-state index in [1.54, 1.807) is 18.4 Å². The molecule has 0 saturated heterocycles. The van der Waals surface area contributed by atoms with Crippen LogP contribution < -0.4 is 10.6 Å². The number of aryl methyl sites for hydroxylation is 1. The van der Waals surface area contributed by atoms with Gasteiger partial charge in [0.2, 0.25) is 0 Å². The number of ether oxygens (including phenoxy) is 1. The van der Waals surface area contributed by atoms with Crippen molar-refractivity contribution in [3.8, 4) is 0 Å². The van der Waals surface area contributed by atoms with Crippen LogP contribution in [0, 0.1) is 12.3 Å². The van der Waals surface area contributed by atoms with E-state index in [9.17, 15) is 0 Å². The van der Waals surface area contributed by atoms with Crippen molar-refractivity contribution in [2.45, 2.75) is 39.2 Å². The van der Waals surface area contributed by atoms with Gasteiger partial charge < -0.3 is 15.4 Å². The molecule has 1 heterocycles. The minimum atomic E-state index is 0. The second-order valence-electron chi connectivity index (χ2n) is 5.90. The zero-order valence-corrected chi connectivity index (χ0v) is 16.9. The smallest absolute Gasteiger partial charge is 0.191 e. The van der Waals surface area contributed by atoms with Crippen LogP contribution in [-0.4, -0.2) is 33.3 Å². The largest absolute Gasteiger partial charge is 0.385 e. The highest BCUT2D eigenvalue weighted by Crippen LogP contribution is 2.43. The summed E-state index contributed by atoms with van der Waals surface area (Å²) in [6, 6.07) is 2.16. The van der Waals surface area contributed by atoms with Gasteiger partial charge in [-0.1, -0.05) is 6.42 Å². The van der Waals surface area contributed by atoms with Crippen LogP contribution in [0.25, 0.3) is 0 Å². The second-order valence-corrected chi connectivity index (χ2v) is 6.90. The monoisotopic (exact) mass is 437 g/mol. The zero-order chi connectivity index (χ0) is 15.1. The number of thiophene rings is 1. The molecule has 2 rings (SSSR count). The van der Waals surface area contributed by atoms with Crippen molar-refractivity contribution in [2.75, 3.05) is 27.3 Å². The van der Waals surface area contributed by atoms with Gasteiger partial charge in [0.05, 0.1) is 6.54 Å². The number of hydrogen-bond acceptors (Lipinski definition) is 3. The highest BCUT2D eigenvalue weighted by Gasteiger charge is 2.36. The van der Waals surface area contributed by atoms with Gasteiger partial charge in [0.1, 0.15) is 0 Å². The third-order valence-corrected chi connectivity index (χ3v) is 5.51. The molecule has 0 atom stereocenters. The summed E-state index contributed by atoms with van der Waals surface area (Å²) in [5, 5.41) is 9.03. The minimum Gasteiger partial charge on any atom is -0.385 e. The lowest BCUT2D eigenvalue weighted by atomic mass is 9.67. The van der Waals surface area contributed by atoms with Crippen LogP contribution in [0.15, 0.2) is 16.4 Å². The third-order valence-electron chi connectivity index (χ3n) is 4.49. The lowest BCUT2D eigenvalue weighted by Crippen LogP contribution is -2.46. The summed E-state index contributed by atoms with van der Waals surface area (Å²) in [6.45, 7) is 4.83. The number of nitrogens with one attached hydrogen (secondary N) is 2. The summed E-state index contributed by atoms with van der Waals surface area (Å²) >= 11 is 1.79. The second kappa shape index (κ2) is 9.72. The molecule has 1 fully saturated rings. The van der Waals surface area contributed by atoms with Gasteiger partial charge in [-0.05, 0) is 48.6 Å². The highest BCUT2D eigenvalue weighted by atomic mass is 127.